The van der Waals surface area contributed by atoms with Gasteiger partial charge in [0.05, 0.1) is 12.4 Å². The van der Waals surface area contributed by atoms with E-state index in [0.29, 0.717) is 11.6 Å². The van der Waals surface area contributed by atoms with Crippen LogP contribution in [0.3, 0.4) is 0 Å². The molecular weight excluding hydrogens is 310 g/mol. The van der Waals surface area contributed by atoms with Gasteiger partial charge in [0, 0.05) is 17.9 Å². The minimum Gasteiger partial charge on any atom is -0.366 e. The van der Waals surface area contributed by atoms with E-state index in [9.17, 15) is 8.78 Å². The molecule has 0 aliphatic rings. The lowest BCUT2D eigenvalue weighted by Gasteiger charge is -2.24. The second-order valence-electron chi connectivity index (χ2n) is 5.03. The van der Waals surface area contributed by atoms with Crippen LogP contribution >= 0.6 is 0 Å². The Kier molecular flexibility index (Phi) is 4.96. The monoisotopic (exact) mass is 326 g/mol. The van der Waals surface area contributed by atoms with Gasteiger partial charge < -0.3 is 5.32 Å². The van der Waals surface area contributed by atoms with E-state index in [1.165, 1.54) is 18.3 Å². The summed E-state index contributed by atoms with van der Waals surface area (Å²) in [7, 11) is 0. The SMILES string of the molecule is FCCNc1cncc(N(c2ccccc2)c2ccc(F)cc2)n1. The van der Waals surface area contributed by atoms with Crippen LogP contribution in [-0.4, -0.2) is 23.2 Å². The van der Waals surface area contributed by atoms with E-state index < -0.39 is 6.67 Å². The topological polar surface area (TPSA) is 41.1 Å². The minimum absolute atomic E-state index is 0.167. The summed E-state index contributed by atoms with van der Waals surface area (Å²) in [5.74, 6) is 0.723. The smallest absolute Gasteiger partial charge is 0.158 e. The molecule has 3 rings (SSSR count). The zero-order valence-electron chi connectivity index (χ0n) is 12.9. The third kappa shape index (κ3) is 3.65. The van der Waals surface area contributed by atoms with Crippen LogP contribution in [-0.2, 0) is 0 Å². The Balaban J connectivity index is 2.03. The maximum atomic E-state index is 13.3. The van der Waals surface area contributed by atoms with Gasteiger partial charge >= 0.3 is 0 Å². The predicted molar refractivity (Wildman–Crippen MR) is 91.1 cm³/mol. The van der Waals surface area contributed by atoms with Gasteiger partial charge in [-0.2, -0.15) is 0 Å². The molecule has 2 aromatic carbocycles. The molecule has 3 aromatic rings. The summed E-state index contributed by atoms with van der Waals surface area (Å²) in [4.78, 5) is 10.5. The second kappa shape index (κ2) is 7.50. The van der Waals surface area contributed by atoms with Crippen LogP contribution < -0.4 is 10.2 Å². The van der Waals surface area contributed by atoms with Gasteiger partial charge in [-0.1, -0.05) is 18.2 Å². The number of aromatic nitrogens is 2. The molecule has 0 fully saturated rings. The van der Waals surface area contributed by atoms with Crippen LogP contribution in [0.2, 0.25) is 0 Å². The molecule has 0 aliphatic heterocycles. The molecule has 24 heavy (non-hydrogen) atoms. The number of benzene rings is 2. The van der Waals surface area contributed by atoms with Crippen LogP contribution in [0.1, 0.15) is 0 Å². The molecular formula is C18H16F2N4. The molecule has 4 nitrogen and oxygen atoms in total. The average molecular weight is 326 g/mol. The summed E-state index contributed by atoms with van der Waals surface area (Å²) in [6, 6.07) is 15.7. The van der Waals surface area contributed by atoms with Gasteiger partial charge in [0.2, 0.25) is 0 Å². The van der Waals surface area contributed by atoms with Crippen LogP contribution in [0.5, 0.6) is 0 Å². The third-order valence-corrected chi connectivity index (χ3v) is 3.35. The standard InChI is InChI=1S/C18H16F2N4/c19-10-11-22-17-12-21-13-18(23-17)24(15-4-2-1-3-5-15)16-8-6-14(20)7-9-16/h1-9,12-13H,10-11H2,(H,22,23). The van der Waals surface area contributed by atoms with Crippen molar-refractivity contribution in [3.05, 3.63) is 72.8 Å². The van der Waals surface area contributed by atoms with Crippen LogP contribution in [0, 0.1) is 5.82 Å². The van der Waals surface area contributed by atoms with Crippen molar-refractivity contribution in [3.63, 3.8) is 0 Å². The number of anilines is 4. The molecule has 1 aromatic heterocycles. The van der Waals surface area contributed by atoms with Crippen molar-refractivity contribution in [2.75, 3.05) is 23.4 Å². The van der Waals surface area contributed by atoms with Gasteiger partial charge in [-0.25, -0.2) is 13.8 Å². The van der Waals surface area contributed by atoms with Gasteiger partial charge in [-0.05, 0) is 36.4 Å². The van der Waals surface area contributed by atoms with Crippen LogP contribution in [0.4, 0.5) is 31.8 Å². The third-order valence-electron chi connectivity index (χ3n) is 3.35. The average Bonchev–Trinajstić information content (AvgIpc) is 2.63. The number of alkyl halides is 1. The van der Waals surface area contributed by atoms with E-state index in [1.54, 1.807) is 18.3 Å². The van der Waals surface area contributed by atoms with Crippen molar-refractivity contribution in [1.29, 1.82) is 0 Å². The molecule has 0 saturated heterocycles. The van der Waals surface area contributed by atoms with E-state index in [1.807, 2.05) is 35.2 Å². The largest absolute Gasteiger partial charge is 0.366 e. The molecule has 6 heteroatoms. The number of halogens is 2. The Morgan fingerprint density at radius 3 is 2.33 bits per heavy atom. The van der Waals surface area contributed by atoms with E-state index in [2.05, 4.69) is 15.3 Å². The summed E-state index contributed by atoms with van der Waals surface area (Å²) < 4.78 is 25.6. The number of hydrogen-bond acceptors (Lipinski definition) is 4. The summed E-state index contributed by atoms with van der Waals surface area (Å²) >= 11 is 0. The quantitative estimate of drug-likeness (QED) is 0.726. The highest BCUT2D eigenvalue weighted by Crippen LogP contribution is 2.32. The predicted octanol–water partition coefficient (Wildman–Crippen LogP) is 4.47. The number of rotatable bonds is 6. The number of nitrogens with one attached hydrogen (secondary N) is 1. The number of hydrogen-bond donors (Lipinski definition) is 1. The van der Waals surface area contributed by atoms with E-state index in [-0.39, 0.29) is 12.4 Å². The Hall–Kier alpha value is -3.02. The van der Waals surface area contributed by atoms with E-state index >= 15 is 0 Å². The van der Waals surface area contributed by atoms with E-state index in [0.717, 1.165) is 11.4 Å². The van der Waals surface area contributed by atoms with E-state index in [4.69, 9.17) is 0 Å². The highest BCUT2D eigenvalue weighted by atomic mass is 19.1. The van der Waals surface area contributed by atoms with Crippen molar-refractivity contribution >= 4 is 23.0 Å². The maximum absolute atomic E-state index is 13.3. The molecule has 0 amide bonds. The number of para-hydroxylation sites is 1. The zero-order chi connectivity index (χ0) is 16.8. The zero-order valence-corrected chi connectivity index (χ0v) is 12.9. The molecule has 0 unspecified atom stereocenters. The lowest BCUT2D eigenvalue weighted by atomic mass is 10.2. The normalized spacial score (nSPS) is 10.4. The van der Waals surface area contributed by atoms with Crippen molar-refractivity contribution in [1.82, 2.24) is 9.97 Å². The fourth-order valence-corrected chi connectivity index (χ4v) is 2.30. The summed E-state index contributed by atoms with van der Waals surface area (Å²) in [6.45, 7) is -0.327. The fraction of sp³-hybridized carbons (Fsp3) is 0.111. The molecule has 1 heterocycles. The van der Waals surface area contributed by atoms with Crippen LogP contribution in [0.15, 0.2) is 67.0 Å². The lowest BCUT2D eigenvalue weighted by Crippen LogP contribution is -2.13. The molecule has 1 N–H and O–H groups in total. The minimum atomic E-state index is -0.494. The first-order valence-electron chi connectivity index (χ1n) is 7.50. The van der Waals surface area contributed by atoms with Crippen molar-refractivity contribution in [3.8, 4) is 0 Å². The van der Waals surface area contributed by atoms with Gasteiger partial charge in [-0.15, -0.1) is 0 Å². The lowest BCUT2D eigenvalue weighted by molar-refractivity contribution is 0.512. The molecule has 0 bridgehead atoms. The molecule has 0 radical (unpaired) electrons. The number of nitrogens with zero attached hydrogens (tertiary/aromatic N) is 3. The first-order valence-corrected chi connectivity index (χ1v) is 7.50. The first-order chi connectivity index (χ1) is 11.8. The highest BCUT2D eigenvalue weighted by Gasteiger charge is 2.14. The summed E-state index contributed by atoms with van der Waals surface area (Å²) in [5.41, 5.74) is 1.61. The van der Waals surface area contributed by atoms with Crippen LogP contribution in [0.25, 0.3) is 0 Å². The molecule has 0 saturated carbocycles. The van der Waals surface area contributed by atoms with Gasteiger partial charge in [-0.3, -0.25) is 9.88 Å². The summed E-state index contributed by atoms with van der Waals surface area (Å²) in [6.07, 6.45) is 3.14. The highest BCUT2D eigenvalue weighted by molar-refractivity contribution is 5.74. The van der Waals surface area contributed by atoms with Crippen molar-refractivity contribution < 1.29 is 8.78 Å². The Morgan fingerprint density at radius 2 is 1.62 bits per heavy atom. The van der Waals surface area contributed by atoms with Gasteiger partial charge in [0.15, 0.2) is 5.82 Å². The Labute approximate surface area is 138 Å². The molecule has 0 spiro atoms. The molecule has 0 aliphatic carbocycles. The molecule has 0 atom stereocenters. The molecule has 122 valence electrons. The second-order valence-corrected chi connectivity index (χ2v) is 5.03. The maximum Gasteiger partial charge on any atom is 0.158 e. The first kappa shape index (κ1) is 15.9. The summed E-state index contributed by atoms with van der Waals surface area (Å²) in [5, 5.41) is 2.87. The Bertz CT molecular complexity index is 779. The van der Waals surface area contributed by atoms with Crippen molar-refractivity contribution in [2.24, 2.45) is 0 Å². The van der Waals surface area contributed by atoms with Gasteiger partial charge in [0.25, 0.3) is 0 Å². The van der Waals surface area contributed by atoms with Crippen molar-refractivity contribution in [2.45, 2.75) is 0 Å². The van der Waals surface area contributed by atoms with Gasteiger partial charge in [0.1, 0.15) is 18.3 Å². The fourth-order valence-electron chi connectivity index (χ4n) is 2.30. The Morgan fingerprint density at radius 1 is 0.917 bits per heavy atom.